The summed E-state index contributed by atoms with van der Waals surface area (Å²) in [6.07, 6.45) is 0.782. The molecule has 0 atom stereocenters. The standard InChI is InChI=1S/C16H14N2O5/c19-16(17-12-3-1-4-13(10-12)18(20)21)11-5-6-14-15(9-11)23-8-2-7-22-14/h1,3-6,9-10H,2,7-8H2,(H,17,19). The Hall–Kier alpha value is -3.09. The van der Waals surface area contributed by atoms with Crippen molar-refractivity contribution in [2.45, 2.75) is 6.42 Å². The molecule has 1 aliphatic rings. The number of non-ortho nitro benzene ring substituents is 1. The number of carbonyl (C=O) groups is 1. The van der Waals surface area contributed by atoms with E-state index in [9.17, 15) is 14.9 Å². The van der Waals surface area contributed by atoms with Gasteiger partial charge in [-0.15, -0.1) is 0 Å². The third kappa shape index (κ3) is 3.39. The number of anilines is 1. The highest BCUT2D eigenvalue weighted by Gasteiger charge is 2.15. The maximum Gasteiger partial charge on any atom is 0.271 e. The average Bonchev–Trinajstić information content (AvgIpc) is 2.79. The van der Waals surface area contributed by atoms with Crippen LogP contribution in [0.2, 0.25) is 0 Å². The summed E-state index contributed by atoms with van der Waals surface area (Å²) in [5, 5.41) is 13.4. The second-order valence-corrected chi connectivity index (χ2v) is 4.97. The van der Waals surface area contributed by atoms with Gasteiger partial charge in [0.15, 0.2) is 11.5 Å². The van der Waals surface area contributed by atoms with Crippen molar-refractivity contribution in [1.82, 2.24) is 0 Å². The lowest BCUT2D eigenvalue weighted by Crippen LogP contribution is -2.12. The predicted octanol–water partition coefficient (Wildman–Crippen LogP) is 3.01. The Balaban J connectivity index is 1.79. The number of ether oxygens (including phenoxy) is 2. The SMILES string of the molecule is O=C(Nc1cccc([N+](=O)[O-])c1)c1ccc2c(c1)OCCCO2. The average molecular weight is 314 g/mol. The first-order chi connectivity index (χ1) is 11.1. The Labute approximate surface area is 132 Å². The molecule has 3 rings (SSSR count). The van der Waals surface area contributed by atoms with Crippen molar-refractivity contribution < 1.29 is 19.2 Å². The summed E-state index contributed by atoms with van der Waals surface area (Å²) in [5.41, 5.74) is 0.665. The van der Waals surface area contributed by atoms with Crippen LogP contribution in [-0.2, 0) is 0 Å². The van der Waals surface area contributed by atoms with Gasteiger partial charge < -0.3 is 14.8 Å². The van der Waals surface area contributed by atoms with Crippen molar-refractivity contribution in [2.75, 3.05) is 18.5 Å². The van der Waals surface area contributed by atoms with Crippen molar-refractivity contribution in [3.05, 3.63) is 58.1 Å². The number of hydrogen-bond donors (Lipinski definition) is 1. The third-order valence-corrected chi connectivity index (χ3v) is 3.32. The van der Waals surface area contributed by atoms with Crippen molar-refractivity contribution in [3.63, 3.8) is 0 Å². The summed E-state index contributed by atoms with van der Waals surface area (Å²) in [6.45, 7) is 1.11. The highest BCUT2D eigenvalue weighted by Crippen LogP contribution is 2.30. The molecule has 7 nitrogen and oxygen atoms in total. The van der Waals surface area contributed by atoms with Crippen LogP contribution in [0.25, 0.3) is 0 Å². The van der Waals surface area contributed by atoms with Crippen molar-refractivity contribution in [1.29, 1.82) is 0 Å². The van der Waals surface area contributed by atoms with E-state index in [0.29, 0.717) is 36.0 Å². The molecule has 23 heavy (non-hydrogen) atoms. The minimum absolute atomic E-state index is 0.0820. The molecule has 0 unspecified atom stereocenters. The fourth-order valence-corrected chi connectivity index (χ4v) is 2.21. The molecule has 0 saturated heterocycles. The van der Waals surface area contributed by atoms with Gasteiger partial charge in [-0.1, -0.05) is 6.07 Å². The fraction of sp³-hybridized carbons (Fsp3) is 0.188. The molecule has 1 heterocycles. The Morgan fingerprint density at radius 1 is 1.09 bits per heavy atom. The molecule has 0 fully saturated rings. The van der Waals surface area contributed by atoms with Crippen LogP contribution in [0.3, 0.4) is 0 Å². The number of hydrogen-bond acceptors (Lipinski definition) is 5. The number of rotatable bonds is 3. The summed E-state index contributed by atoms with van der Waals surface area (Å²) in [4.78, 5) is 22.5. The second kappa shape index (κ2) is 6.35. The van der Waals surface area contributed by atoms with Crippen LogP contribution in [0.15, 0.2) is 42.5 Å². The number of benzene rings is 2. The molecule has 7 heteroatoms. The summed E-state index contributed by atoms with van der Waals surface area (Å²) in [6, 6.07) is 10.7. The number of nitrogens with one attached hydrogen (secondary N) is 1. The van der Waals surface area contributed by atoms with Crippen LogP contribution in [0.5, 0.6) is 11.5 Å². The van der Waals surface area contributed by atoms with Crippen LogP contribution < -0.4 is 14.8 Å². The molecule has 0 spiro atoms. The molecule has 0 aliphatic carbocycles. The smallest absolute Gasteiger partial charge is 0.271 e. The maximum atomic E-state index is 12.3. The van der Waals surface area contributed by atoms with Crippen LogP contribution in [-0.4, -0.2) is 24.0 Å². The summed E-state index contributed by atoms with van der Waals surface area (Å²) in [7, 11) is 0. The van der Waals surface area contributed by atoms with E-state index in [1.807, 2.05) is 0 Å². The zero-order chi connectivity index (χ0) is 16.2. The fourth-order valence-electron chi connectivity index (χ4n) is 2.21. The molecule has 0 bridgehead atoms. The van der Waals surface area contributed by atoms with Crippen LogP contribution in [0.1, 0.15) is 16.8 Å². The molecule has 0 aromatic heterocycles. The first kappa shape index (κ1) is 14.8. The van der Waals surface area contributed by atoms with Gasteiger partial charge in [-0.3, -0.25) is 14.9 Å². The lowest BCUT2D eigenvalue weighted by atomic mass is 10.1. The van der Waals surface area contributed by atoms with Crippen LogP contribution in [0.4, 0.5) is 11.4 Å². The van der Waals surface area contributed by atoms with E-state index in [0.717, 1.165) is 6.42 Å². The van der Waals surface area contributed by atoms with Gasteiger partial charge in [0.25, 0.3) is 11.6 Å². The molecule has 1 aliphatic heterocycles. The highest BCUT2D eigenvalue weighted by molar-refractivity contribution is 6.04. The number of nitro groups is 1. The highest BCUT2D eigenvalue weighted by atomic mass is 16.6. The van der Waals surface area contributed by atoms with Crippen molar-refractivity contribution >= 4 is 17.3 Å². The van der Waals surface area contributed by atoms with E-state index in [1.165, 1.54) is 18.2 Å². The van der Waals surface area contributed by atoms with Gasteiger partial charge in [0, 0.05) is 29.8 Å². The number of nitro benzene ring substituents is 1. The second-order valence-electron chi connectivity index (χ2n) is 4.97. The monoisotopic (exact) mass is 314 g/mol. The summed E-state index contributed by atoms with van der Waals surface area (Å²) in [5.74, 6) is 0.754. The van der Waals surface area contributed by atoms with Crippen molar-refractivity contribution in [3.8, 4) is 11.5 Å². The predicted molar refractivity (Wildman–Crippen MR) is 83.1 cm³/mol. The molecule has 2 aromatic carbocycles. The topological polar surface area (TPSA) is 90.7 Å². The molecule has 2 aromatic rings. The third-order valence-electron chi connectivity index (χ3n) is 3.32. The van der Waals surface area contributed by atoms with Gasteiger partial charge in [0.2, 0.25) is 0 Å². The molecule has 0 saturated carbocycles. The quantitative estimate of drug-likeness (QED) is 0.694. The molecular formula is C16H14N2O5. The summed E-state index contributed by atoms with van der Waals surface area (Å²) >= 11 is 0. The largest absolute Gasteiger partial charge is 0.490 e. The van der Waals surface area contributed by atoms with Gasteiger partial charge in [0.05, 0.1) is 18.1 Å². The van der Waals surface area contributed by atoms with E-state index in [1.54, 1.807) is 24.3 Å². The lowest BCUT2D eigenvalue weighted by molar-refractivity contribution is -0.384. The zero-order valence-corrected chi connectivity index (χ0v) is 12.2. The minimum Gasteiger partial charge on any atom is -0.490 e. The zero-order valence-electron chi connectivity index (χ0n) is 12.2. The van der Waals surface area contributed by atoms with Crippen molar-refractivity contribution in [2.24, 2.45) is 0 Å². The lowest BCUT2D eigenvalue weighted by Gasteiger charge is -2.10. The van der Waals surface area contributed by atoms with E-state index in [-0.39, 0.29) is 11.6 Å². The normalized spacial score (nSPS) is 13.0. The summed E-state index contributed by atoms with van der Waals surface area (Å²) < 4.78 is 11.1. The van der Waals surface area contributed by atoms with Gasteiger partial charge in [-0.25, -0.2) is 0 Å². The van der Waals surface area contributed by atoms with E-state index >= 15 is 0 Å². The maximum absolute atomic E-state index is 12.3. The van der Waals surface area contributed by atoms with E-state index in [4.69, 9.17) is 9.47 Å². The molecule has 118 valence electrons. The van der Waals surface area contributed by atoms with E-state index in [2.05, 4.69) is 5.32 Å². The molecule has 1 N–H and O–H groups in total. The number of carbonyl (C=O) groups excluding carboxylic acids is 1. The van der Waals surface area contributed by atoms with Gasteiger partial charge in [-0.05, 0) is 24.3 Å². The van der Waals surface area contributed by atoms with Crippen LogP contribution >= 0.6 is 0 Å². The molecular weight excluding hydrogens is 300 g/mol. The number of nitrogens with zero attached hydrogens (tertiary/aromatic N) is 1. The van der Waals surface area contributed by atoms with E-state index < -0.39 is 4.92 Å². The van der Waals surface area contributed by atoms with Gasteiger partial charge in [0.1, 0.15) is 0 Å². The minimum atomic E-state index is -0.511. The Bertz CT molecular complexity index is 760. The number of fused-ring (bicyclic) bond motifs is 1. The van der Waals surface area contributed by atoms with Gasteiger partial charge in [-0.2, -0.15) is 0 Å². The Morgan fingerprint density at radius 3 is 2.65 bits per heavy atom. The Kier molecular flexibility index (Phi) is 4.09. The molecule has 1 amide bonds. The Morgan fingerprint density at radius 2 is 1.87 bits per heavy atom. The first-order valence-electron chi connectivity index (χ1n) is 7.09. The van der Waals surface area contributed by atoms with Crippen LogP contribution in [0, 0.1) is 10.1 Å². The molecule has 0 radical (unpaired) electrons. The van der Waals surface area contributed by atoms with Gasteiger partial charge >= 0.3 is 0 Å². The first-order valence-corrected chi connectivity index (χ1v) is 7.09. The number of amides is 1.